The monoisotopic (exact) mass is 234 g/mol. The Morgan fingerprint density at radius 3 is 2.56 bits per heavy atom. The number of rotatable bonds is 3. The van der Waals surface area contributed by atoms with Gasteiger partial charge >= 0.3 is 6.18 Å². The molecule has 0 aliphatic rings. The number of nitrogens with zero attached hydrogens (tertiary/aromatic N) is 2. The molecule has 4 nitrogen and oxygen atoms in total. The van der Waals surface area contributed by atoms with Gasteiger partial charge in [0.1, 0.15) is 11.4 Å². The van der Waals surface area contributed by atoms with Crippen LogP contribution in [0.15, 0.2) is 6.20 Å². The Balaban J connectivity index is 2.80. The highest BCUT2D eigenvalue weighted by Crippen LogP contribution is 2.18. The van der Waals surface area contributed by atoms with Gasteiger partial charge in [0.05, 0.1) is 6.20 Å². The Labute approximate surface area is 89.5 Å². The highest BCUT2D eigenvalue weighted by Gasteiger charge is 2.29. The maximum Gasteiger partial charge on any atom is 0.422 e. The number of carbonyl (C=O) groups is 1. The maximum absolute atomic E-state index is 11.9. The molecule has 0 amide bonds. The summed E-state index contributed by atoms with van der Waals surface area (Å²) in [5, 5.41) is 0. The summed E-state index contributed by atoms with van der Waals surface area (Å²) in [4.78, 5) is 18.3. The van der Waals surface area contributed by atoms with Crippen molar-refractivity contribution in [2.24, 2.45) is 0 Å². The smallest absolute Gasteiger partial charge is 0.422 e. The van der Waals surface area contributed by atoms with Gasteiger partial charge in [0.25, 0.3) is 0 Å². The van der Waals surface area contributed by atoms with Gasteiger partial charge in [0, 0.05) is 6.92 Å². The second-order valence-corrected chi connectivity index (χ2v) is 3.11. The molecule has 1 heterocycles. The fourth-order valence-corrected chi connectivity index (χ4v) is 0.932. The number of ether oxygens (including phenoxy) is 1. The zero-order chi connectivity index (χ0) is 12.3. The minimum absolute atomic E-state index is 0.0943. The number of halogens is 3. The van der Waals surface area contributed by atoms with Gasteiger partial charge in [0.2, 0.25) is 5.88 Å². The number of Topliss-reactive ketones (excluding diaryl/α,β-unsaturated/α-hetero) is 1. The number of ketones is 1. The van der Waals surface area contributed by atoms with E-state index >= 15 is 0 Å². The van der Waals surface area contributed by atoms with Crippen LogP contribution < -0.4 is 4.74 Å². The summed E-state index contributed by atoms with van der Waals surface area (Å²) in [6.07, 6.45) is -3.34. The molecular formula is C9H9F3N2O2. The Hall–Kier alpha value is -1.66. The second kappa shape index (κ2) is 4.46. The quantitative estimate of drug-likeness (QED) is 0.750. The third-order valence-corrected chi connectivity index (χ3v) is 1.64. The van der Waals surface area contributed by atoms with E-state index in [1.54, 1.807) is 0 Å². The fraction of sp³-hybridized carbons (Fsp3) is 0.444. The molecule has 0 spiro atoms. The molecular weight excluding hydrogens is 225 g/mol. The van der Waals surface area contributed by atoms with Crippen LogP contribution in [0.5, 0.6) is 5.88 Å². The number of carbonyl (C=O) groups excluding carboxylic acids is 1. The molecule has 0 radical (unpaired) electrons. The largest absolute Gasteiger partial charge is 0.467 e. The molecule has 0 aliphatic heterocycles. The molecule has 0 N–H and O–H groups in total. The molecule has 1 aromatic heterocycles. The Bertz CT molecular complexity index is 404. The van der Waals surface area contributed by atoms with Crippen molar-refractivity contribution >= 4 is 5.78 Å². The first-order chi connectivity index (χ1) is 7.29. The summed E-state index contributed by atoms with van der Waals surface area (Å²) in [5.74, 6) is -0.528. The van der Waals surface area contributed by atoms with Crippen molar-refractivity contribution in [2.75, 3.05) is 6.61 Å². The molecule has 0 unspecified atom stereocenters. The van der Waals surface area contributed by atoms with E-state index in [1.165, 1.54) is 13.8 Å². The van der Waals surface area contributed by atoms with E-state index in [0.29, 0.717) is 0 Å². The standard InChI is InChI=1S/C9H9F3N2O2/c1-5-8(16-4-9(10,11)12)13-3-7(14-5)6(2)15/h3H,4H2,1-2H3. The lowest BCUT2D eigenvalue weighted by molar-refractivity contribution is -0.154. The van der Waals surface area contributed by atoms with E-state index in [-0.39, 0.29) is 23.1 Å². The van der Waals surface area contributed by atoms with Gasteiger partial charge < -0.3 is 4.74 Å². The van der Waals surface area contributed by atoms with Crippen molar-refractivity contribution in [3.8, 4) is 5.88 Å². The van der Waals surface area contributed by atoms with Gasteiger partial charge in [0.15, 0.2) is 12.4 Å². The van der Waals surface area contributed by atoms with Crippen LogP contribution in [0.1, 0.15) is 23.1 Å². The molecule has 0 bridgehead atoms. The van der Waals surface area contributed by atoms with Crippen molar-refractivity contribution in [2.45, 2.75) is 20.0 Å². The van der Waals surface area contributed by atoms with E-state index in [9.17, 15) is 18.0 Å². The van der Waals surface area contributed by atoms with Crippen molar-refractivity contribution in [1.29, 1.82) is 0 Å². The van der Waals surface area contributed by atoms with Gasteiger partial charge in [-0.1, -0.05) is 0 Å². The Morgan fingerprint density at radius 2 is 2.12 bits per heavy atom. The first-order valence-corrected chi connectivity index (χ1v) is 4.34. The summed E-state index contributed by atoms with van der Waals surface area (Å²) in [6, 6.07) is 0. The number of aromatic nitrogens is 2. The fourth-order valence-electron chi connectivity index (χ4n) is 0.932. The lowest BCUT2D eigenvalue weighted by Crippen LogP contribution is -2.20. The molecule has 1 rings (SSSR count). The first kappa shape index (κ1) is 12.4. The molecule has 0 aliphatic carbocycles. The normalized spacial score (nSPS) is 11.3. The average molecular weight is 234 g/mol. The summed E-state index contributed by atoms with van der Waals surface area (Å²) < 4.78 is 40.0. The van der Waals surface area contributed by atoms with Gasteiger partial charge in [-0.2, -0.15) is 13.2 Å². The molecule has 1 aromatic rings. The molecule has 0 atom stereocenters. The number of hydrogen-bond donors (Lipinski definition) is 0. The molecule has 0 fully saturated rings. The number of aryl methyl sites for hydroxylation is 1. The maximum atomic E-state index is 11.9. The van der Waals surface area contributed by atoms with E-state index in [2.05, 4.69) is 14.7 Å². The topological polar surface area (TPSA) is 52.1 Å². The third-order valence-electron chi connectivity index (χ3n) is 1.64. The van der Waals surface area contributed by atoms with E-state index in [1.807, 2.05) is 0 Å². The summed E-state index contributed by atoms with van der Waals surface area (Å²) in [5.41, 5.74) is 0.244. The van der Waals surface area contributed by atoms with Crippen LogP contribution in [0, 0.1) is 6.92 Å². The summed E-state index contributed by atoms with van der Waals surface area (Å²) in [6.45, 7) is 1.28. The minimum atomic E-state index is -4.42. The Kier molecular flexibility index (Phi) is 3.46. The van der Waals surface area contributed by atoms with Crippen molar-refractivity contribution in [1.82, 2.24) is 9.97 Å². The van der Waals surface area contributed by atoms with Gasteiger partial charge in [-0.15, -0.1) is 0 Å². The van der Waals surface area contributed by atoms with Crippen LogP contribution in [0.4, 0.5) is 13.2 Å². The van der Waals surface area contributed by atoms with Crippen molar-refractivity contribution < 1.29 is 22.7 Å². The number of hydrogen-bond acceptors (Lipinski definition) is 4. The highest BCUT2D eigenvalue weighted by atomic mass is 19.4. The Morgan fingerprint density at radius 1 is 1.50 bits per heavy atom. The molecule has 7 heteroatoms. The lowest BCUT2D eigenvalue weighted by Gasteiger charge is -2.09. The minimum Gasteiger partial charge on any atom is -0.467 e. The molecule has 16 heavy (non-hydrogen) atoms. The predicted octanol–water partition coefficient (Wildman–Crippen LogP) is 1.93. The zero-order valence-electron chi connectivity index (χ0n) is 8.63. The predicted molar refractivity (Wildman–Crippen MR) is 48.3 cm³/mol. The molecule has 0 saturated heterocycles. The summed E-state index contributed by atoms with van der Waals surface area (Å²) >= 11 is 0. The van der Waals surface area contributed by atoms with Crippen LogP contribution >= 0.6 is 0 Å². The van der Waals surface area contributed by atoms with Crippen LogP contribution in [-0.2, 0) is 0 Å². The van der Waals surface area contributed by atoms with E-state index < -0.39 is 12.8 Å². The van der Waals surface area contributed by atoms with Gasteiger partial charge in [-0.05, 0) is 6.92 Å². The van der Waals surface area contributed by atoms with Crippen molar-refractivity contribution in [3.63, 3.8) is 0 Å². The first-order valence-electron chi connectivity index (χ1n) is 4.34. The molecule has 0 saturated carbocycles. The zero-order valence-corrected chi connectivity index (χ0v) is 8.63. The molecule has 0 aromatic carbocycles. The van der Waals surface area contributed by atoms with Crippen LogP contribution in [0.3, 0.4) is 0 Å². The van der Waals surface area contributed by atoms with Crippen molar-refractivity contribution in [3.05, 3.63) is 17.6 Å². The number of alkyl halides is 3. The third kappa shape index (κ3) is 3.48. The SMILES string of the molecule is CC(=O)c1cnc(OCC(F)(F)F)c(C)n1. The average Bonchev–Trinajstić information content (AvgIpc) is 2.14. The lowest BCUT2D eigenvalue weighted by atomic mass is 10.3. The van der Waals surface area contributed by atoms with Gasteiger partial charge in [-0.3, -0.25) is 4.79 Å². The molecule has 88 valence electrons. The highest BCUT2D eigenvalue weighted by molar-refractivity contribution is 5.91. The second-order valence-electron chi connectivity index (χ2n) is 3.11. The van der Waals surface area contributed by atoms with Crippen LogP contribution in [0.25, 0.3) is 0 Å². The van der Waals surface area contributed by atoms with E-state index in [0.717, 1.165) is 6.20 Å². The van der Waals surface area contributed by atoms with Gasteiger partial charge in [-0.25, -0.2) is 9.97 Å². The van der Waals surface area contributed by atoms with Crippen LogP contribution in [0.2, 0.25) is 0 Å². The van der Waals surface area contributed by atoms with Crippen LogP contribution in [-0.4, -0.2) is 28.5 Å². The van der Waals surface area contributed by atoms with E-state index in [4.69, 9.17) is 0 Å². The summed E-state index contributed by atoms with van der Waals surface area (Å²) in [7, 11) is 0.